The molecular weight excluding hydrogens is 216 g/mol. The summed E-state index contributed by atoms with van der Waals surface area (Å²) in [4.78, 5) is 5.76. The highest BCUT2D eigenvalue weighted by Gasteiger charge is 2.05. The van der Waals surface area contributed by atoms with Crippen LogP contribution in [-0.2, 0) is 0 Å². The first kappa shape index (κ1) is 13.5. The fraction of sp³-hybridized carbons (Fsp3) is 0.615. The monoisotopic (exact) mass is 238 g/mol. The van der Waals surface area contributed by atoms with Crippen molar-refractivity contribution in [3.05, 3.63) is 24.0 Å². The minimum absolute atomic E-state index is 0.342. The number of nitrogens with zero attached hydrogens (tertiary/aromatic N) is 1. The largest absolute Gasteiger partial charge is 0.309 e. The highest BCUT2D eigenvalue weighted by molar-refractivity contribution is 7.99. The average molecular weight is 238 g/mol. The normalized spacial score (nSPS) is 13.1. The van der Waals surface area contributed by atoms with Gasteiger partial charge < -0.3 is 5.32 Å². The predicted molar refractivity (Wildman–Crippen MR) is 71.9 cm³/mol. The molecule has 0 aliphatic heterocycles. The van der Waals surface area contributed by atoms with Gasteiger partial charge in [0, 0.05) is 22.9 Å². The molecule has 1 heterocycles. The molecule has 2 nitrogen and oxygen atoms in total. The van der Waals surface area contributed by atoms with E-state index in [1.165, 1.54) is 4.90 Å². The fourth-order valence-electron chi connectivity index (χ4n) is 1.41. The van der Waals surface area contributed by atoms with Crippen LogP contribution in [0.25, 0.3) is 0 Å². The zero-order chi connectivity index (χ0) is 12.0. The maximum Gasteiger partial charge on any atom is 0.0571 e. The van der Waals surface area contributed by atoms with Crippen LogP contribution in [0, 0.1) is 5.92 Å². The Kier molecular flexibility index (Phi) is 5.85. The van der Waals surface area contributed by atoms with Crippen LogP contribution in [-0.4, -0.2) is 17.3 Å². The summed E-state index contributed by atoms with van der Waals surface area (Å²) < 4.78 is 0. The molecule has 0 fully saturated rings. The molecule has 90 valence electrons. The summed E-state index contributed by atoms with van der Waals surface area (Å²) in [5.74, 6) is 1.88. The van der Waals surface area contributed by atoms with E-state index >= 15 is 0 Å². The summed E-state index contributed by atoms with van der Waals surface area (Å²) in [6.07, 6.45) is 1.98. The van der Waals surface area contributed by atoms with Crippen molar-refractivity contribution in [2.24, 2.45) is 5.92 Å². The summed E-state index contributed by atoms with van der Waals surface area (Å²) in [6.45, 7) is 9.72. The van der Waals surface area contributed by atoms with Crippen LogP contribution in [0.2, 0.25) is 0 Å². The van der Waals surface area contributed by atoms with Gasteiger partial charge in [0.25, 0.3) is 0 Å². The second-order valence-electron chi connectivity index (χ2n) is 4.40. The number of hydrogen-bond donors (Lipinski definition) is 1. The Morgan fingerprint density at radius 1 is 1.31 bits per heavy atom. The lowest BCUT2D eigenvalue weighted by Gasteiger charge is -2.12. The van der Waals surface area contributed by atoms with Gasteiger partial charge in [-0.3, -0.25) is 4.98 Å². The maximum absolute atomic E-state index is 4.49. The van der Waals surface area contributed by atoms with Gasteiger partial charge in [-0.2, -0.15) is 0 Å². The Labute approximate surface area is 103 Å². The third-order valence-electron chi connectivity index (χ3n) is 2.30. The topological polar surface area (TPSA) is 24.9 Å². The molecule has 0 saturated heterocycles. The van der Waals surface area contributed by atoms with Crippen molar-refractivity contribution in [2.75, 3.05) is 12.3 Å². The molecule has 0 spiro atoms. The lowest BCUT2D eigenvalue weighted by atomic mass is 10.2. The number of pyridine rings is 1. The van der Waals surface area contributed by atoms with Gasteiger partial charge in [-0.15, -0.1) is 11.8 Å². The molecule has 1 aromatic rings. The van der Waals surface area contributed by atoms with Gasteiger partial charge >= 0.3 is 0 Å². The van der Waals surface area contributed by atoms with Gasteiger partial charge in [-0.25, -0.2) is 0 Å². The van der Waals surface area contributed by atoms with Gasteiger partial charge in [0.1, 0.15) is 0 Å². The van der Waals surface area contributed by atoms with Gasteiger partial charge in [-0.05, 0) is 31.5 Å². The molecule has 0 saturated carbocycles. The van der Waals surface area contributed by atoms with Gasteiger partial charge in [-0.1, -0.05) is 20.8 Å². The van der Waals surface area contributed by atoms with E-state index < -0.39 is 0 Å². The molecule has 0 aliphatic carbocycles. The minimum Gasteiger partial charge on any atom is -0.309 e. The van der Waals surface area contributed by atoms with E-state index in [0.29, 0.717) is 6.04 Å². The maximum atomic E-state index is 4.49. The molecule has 16 heavy (non-hydrogen) atoms. The van der Waals surface area contributed by atoms with E-state index in [2.05, 4.69) is 50.1 Å². The van der Waals surface area contributed by atoms with Crippen molar-refractivity contribution in [1.82, 2.24) is 10.3 Å². The van der Waals surface area contributed by atoms with E-state index in [0.717, 1.165) is 23.9 Å². The highest BCUT2D eigenvalue weighted by atomic mass is 32.2. The van der Waals surface area contributed by atoms with E-state index in [4.69, 9.17) is 0 Å². The van der Waals surface area contributed by atoms with Gasteiger partial charge in [0.2, 0.25) is 0 Å². The Morgan fingerprint density at radius 2 is 2.06 bits per heavy atom. The second kappa shape index (κ2) is 6.92. The lowest BCUT2D eigenvalue weighted by molar-refractivity contribution is 0.582. The first-order valence-corrected chi connectivity index (χ1v) is 6.94. The van der Waals surface area contributed by atoms with E-state index in [1.54, 1.807) is 0 Å². The molecule has 1 atom stereocenters. The van der Waals surface area contributed by atoms with Crippen LogP contribution in [0.5, 0.6) is 0 Å². The Hall–Kier alpha value is -0.540. The summed E-state index contributed by atoms with van der Waals surface area (Å²) in [5, 5.41) is 3.36. The molecular formula is C13H22N2S. The van der Waals surface area contributed by atoms with Crippen LogP contribution in [0.3, 0.4) is 0 Å². The molecule has 1 N–H and O–H groups in total. The second-order valence-corrected chi connectivity index (χ2v) is 5.50. The quantitative estimate of drug-likeness (QED) is 0.768. The smallest absolute Gasteiger partial charge is 0.0571 e. The standard InChI is InChI=1S/C13H22N2S/c1-5-14-11(4)13-7-6-12(8-15-13)16-9-10(2)3/h6-8,10-11,14H,5,9H2,1-4H3. The van der Waals surface area contributed by atoms with Crippen LogP contribution >= 0.6 is 11.8 Å². The fourth-order valence-corrected chi connectivity index (χ4v) is 2.22. The zero-order valence-corrected chi connectivity index (χ0v) is 11.5. The number of nitrogens with one attached hydrogen (secondary N) is 1. The first-order chi connectivity index (χ1) is 7.63. The molecule has 0 radical (unpaired) electrons. The predicted octanol–water partition coefficient (Wildman–Crippen LogP) is 3.50. The van der Waals surface area contributed by atoms with Gasteiger partial charge in [0.05, 0.1) is 5.69 Å². The third-order valence-corrected chi connectivity index (χ3v) is 3.70. The van der Waals surface area contributed by atoms with Crippen LogP contribution in [0.1, 0.15) is 39.4 Å². The van der Waals surface area contributed by atoms with E-state index in [9.17, 15) is 0 Å². The van der Waals surface area contributed by atoms with Crippen molar-refractivity contribution < 1.29 is 0 Å². The molecule has 0 bridgehead atoms. The summed E-state index contributed by atoms with van der Waals surface area (Å²) in [6, 6.07) is 4.63. The minimum atomic E-state index is 0.342. The van der Waals surface area contributed by atoms with Crippen LogP contribution in [0.15, 0.2) is 23.2 Å². The van der Waals surface area contributed by atoms with Crippen molar-refractivity contribution in [1.29, 1.82) is 0 Å². The van der Waals surface area contributed by atoms with Crippen molar-refractivity contribution >= 4 is 11.8 Å². The summed E-state index contributed by atoms with van der Waals surface area (Å²) in [5.41, 5.74) is 1.12. The molecule has 0 aliphatic rings. The van der Waals surface area contributed by atoms with Crippen molar-refractivity contribution in [3.8, 4) is 0 Å². The SMILES string of the molecule is CCNC(C)c1ccc(SCC(C)C)cn1. The molecule has 0 aromatic carbocycles. The molecule has 1 unspecified atom stereocenters. The van der Waals surface area contributed by atoms with Crippen molar-refractivity contribution in [3.63, 3.8) is 0 Å². The first-order valence-electron chi connectivity index (χ1n) is 5.95. The van der Waals surface area contributed by atoms with E-state index in [1.807, 2.05) is 18.0 Å². The Morgan fingerprint density at radius 3 is 2.56 bits per heavy atom. The third kappa shape index (κ3) is 4.54. The molecule has 3 heteroatoms. The number of hydrogen-bond acceptors (Lipinski definition) is 3. The summed E-state index contributed by atoms with van der Waals surface area (Å²) in [7, 11) is 0. The van der Waals surface area contributed by atoms with Crippen LogP contribution in [0.4, 0.5) is 0 Å². The van der Waals surface area contributed by atoms with Crippen LogP contribution < -0.4 is 5.32 Å². The highest BCUT2D eigenvalue weighted by Crippen LogP contribution is 2.21. The molecule has 1 aromatic heterocycles. The van der Waals surface area contributed by atoms with Crippen molar-refractivity contribution in [2.45, 2.75) is 38.6 Å². The Balaban J connectivity index is 2.53. The molecule has 0 amide bonds. The number of aromatic nitrogens is 1. The molecule has 1 rings (SSSR count). The summed E-state index contributed by atoms with van der Waals surface area (Å²) >= 11 is 1.88. The van der Waals surface area contributed by atoms with Gasteiger partial charge in [0.15, 0.2) is 0 Å². The Bertz CT molecular complexity index is 295. The number of rotatable bonds is 6. The number of thioether (sulfide) groups is 1. The van der Waals surface area contributed by atoms with E-state index in [-0.39, 0.29) is 0 Å². The zero-order valence-electron chi connectivity index (χ0n) is 10.7. The average Bonchev–Trinajstić information content (AvgIpc) is 2.27. The lowest BCUT2D eigenvalue weighted by Crippen LogP contribution is -2.18.